The third-order valence-electron chi connectivity index (χ3n) is 6.20. The quantitative estimate of drug-likeness (QED) is 0.540. The molecule has 1 fully saturated rings. The summed E-state index contributed by atoms with van der Waals surface area (Å²) in [5.74, 6) is -0.583. The normalized spacial score (nSPS) is 18.8. The topological polar surface area (TPSA) is 78.4 Å². The third-order valence-corrected chi connectivity index (χ3v) is 6.20. The van der Waals surface area contributed by atoms with Gasteiger partial charge in [0.15, 0.2) is 0 Å². The lowest BCUT2D eigenvalue weighted by Gasteiger charge is -2.20. The highest BCUT2D eigenvalue weighted by Gasteiger charge is 2.30. The average molecular weight is 449 g/mol. The SMILES string of the molecule is Cc1cc(CN(C)C(=O)c2ccc(CC3CCC(C(O)c4cccnc4)N3)cc2)cnc1F. The molecule has 2 aromatic heterocycles. The Balaban J connectivity index is 1.31. The minimum Gasteiger partial charge on any atom is -0.387 e. The van der Waals surface area contributed by atoms with Gasteiger partial charge in [-0.15, -0.1) is 0 Å². The monoisotopic (exact) mass is 448 g/mol. The third kappa shape index (κ3) is 5.61. The Hall–Kier alpha value is -3.16. The molecule has 3 unspecified atom stereocenters. The molecule has 3 heterocycles. The summed E-state index contributed by atoms with van der Waals surface area (Å²) in [7, 11) is 1.73. The van der Waals surface area contributed by atoms with E-state index in [0.29, 0.717) is 17.7 Å². The Morgan fingerprint density at radius 2 is 2.00 bits per heavy atom. The van der Waals surface area contributed by atoms with Gasteiger partial charge in [0.1, 0.15) is 0 Å². The second-order valence-corrected chi connectivity index (χ2v) is 8.79. The van der Waals surface area contributed by atoms with Gasteiger partial charge >= 0.3 is 0 Å². The van der Waals surface area contributed by atoms with Crippen LogP contribution in [0, 0.1) is 12.9 Å². The maximum Gasteiger partial charge on any atom is 0.253 e. The van der Waals surface area contributed by atoms with E-state index in [4.69, 9.17) is 0 Å². The summed E-state index contributed by atoms with van der Waals surface area (Å²) in [5.41, 5.74) is 3.83. The van der Waals surface area contributed by atoms with Crippen molar-refractivity contribution in [1.29, 1.82) is 0 Å². The molecule has 1 aromatic carbocycles. The van der Waals surface area contributed by atoms with Crippen LogP contribution in [0.4, 0.5) is 4.39 Å². The van der Waals surface area contributed by atoms with Gasteiger partial charge in [-0.25, -0.2) is 4.98 Å². The molecule has 7 heteroatoms. The number of halogens is 1. The van der Waals surface area contributed by atoms with Crippen molar-refractivity contribution in [2.45, 2.75) is 50.9 Å². The fourth-order valence-corrected chi connectivity index (χ4v) is 4.38. The van der Waals surface area contributed by atoms with E-state index in [1.807, 2.05) is 36.4 Å². The molecule has 172 valence electrons. The molecule has 3 atom stereocenters. The molecule has 1 amide bonds. The van der Waals surface area contributed by atoms with E-state index in [-0.39, 0.29) is 18.0 Å². The molecule has 0 spiro atoms. The summed E-state index contributed by atoms with van der Waals surface area (Å²) in [5, 5.41) is 14.2. The van der Waals surface area contributed by atoms with Gasteiger partial charge < -0.3 is 15.3 Å². The van der Waals surface area contributed by atoms with Crippen molar-refractivity contribution >= 4 is 5.91 Å². The highest BCUT2D eigenvalue weighted by molar-refractivity contribution is 5.94. The van der Waals surface area contributed by atoms with Gasteiger partial charge in [-0.1, -0.05) is 18.2 Å². The number of nitrogens with zero attached hydrogens (tertiary/aromatic N) is 3. The molecule has 0 saturated carbocycles. The zero-order valence-corrected chi connectivity index (χ0v) is 18.9. The number of aliphatic hydroxyl groups is 1. The largest absolute Gasteiger partial charge is 0.387 e. The van der Waals surface area contributed by atoms with Crippen LogP contribution in [0.15, 0.2) is 61.1 Å². The predicted octanol–water partition coefficient (Wildman–Crippen LogP) is 3.59. The van der Waals surface area contributed by atoms with Crippen LogP contribution in [0.1, 0.15) is 51.6 Å². The number of aliphatic hydroxyl groups excluding tert-OH is 1. The molecular weight excluding hydrogens is 419 g/mol. The number of hydrogen-bond acceptors (Lipinski definition) is 5. The highest BCUT2D eigenvalue weighted by Crippen LogP contribution is 2.26. The minimum absolute atomic E-state index is 0.0123. The zero-order chi connectivity index (χ0) is 23.4. The molecule has 2 N–H and O–H groups in total. The van der Waals surface area contributed by atoms with Crippen molar-refractivity contribution < 1.29 is 14.3 Å². The lowest BCUT2D eigenvalue weighted by atomic mass is 10.0. The number of hydrogen-bond donors (Lipinski definition) is 2. The number of carbonyl (C=O) groups is 1. The molecule has 1 saturated heterocycles. The van der Waals surface area contributed by atoms with Crippen molar-refractivity contribution in [3.05, 3.63) is 94.8 Å². The van der Waals surface area contributed by atoms with Gasteiger partial charge in [-0.05, 0) is 61.6 Å². The van der Waals surface area contributed by atoms with Crippen molar-refractivity contribution in [1.82, 2.24) is 20.2 Å². The molecule has 0 radical (unpaired) electrons. The molecular formula is C26H29FN4O2. The van der Waals surface area contributed by atoms with Crippen LogP contribution in [0.25, 0.3) is 0 Å². The van der Waals surface area contributed by atoms with Crippen molar-refractivity contribution in [2.75, 3.05) is 7.05 Å². The standard InChI is InChI=1S/C26H29FN4O2/c1-17-12-19(14-29-25(17)27)16-31(2)26(33)20-7-5-18(6-8-20)13-22-9-10-23(30-22)24(32)21-4-3-11-28-15-21/h3-8,11-12,14-15,22-24,30,32H,9-10,13,16H2,1-2H3. The Morgan fingerprint density at radius 3 is 2.70 bits per heavy atom. The van der Waals surface area contributed by atoms with Crippen LogP contribution in [0.3, 0.4) is 0 Å². The second-order valence-electron chi connectivity index (χ2n) is 8.79. The smallest absolute Gasteiger partial charge is 0.253 e. The van der Waals surface area contributed by atoms with Crippen LogP contribution in [-0.4, -0.2) is 45.0 Å². The fraction of sp³-hybridized carbons (Fsp3) is 0.346. The van der Waals surface area contributed by atoms with Crippen LogP contribution in [-0.2, 0) is 13.0 Å². The maximum absolute atomic E-state index is 13.4. The number of carbonyl (C=O) groups excluding carboxylic acids is 1. The van der Waals surface area contributed by atoms with E-state index in [2.05, 4.69) is 15.3 Å². The number of aryl methyl sites for hydroxylation is 1. The summed E-state index contributed by atoms with van der Waals surface area (Å²) >= 11 is 0. The van der Waals surface area contributed by atoms with E-state index in [9.17, 15) is 14.3 Å². The highest BCUT2D eigenvalue weighted by atomic mass is 19.1. The summed E-state index contributed by atoms with van der Waals surface area (Å²) in [6.07, 6.45) is 7.02. The van der Waals surface area contributed by atoms with Gasteiger partial charge in [0.25, 0.3) is 5.91 Å². The van der Waals surface area contributed by atoms with Gasteiger partial charge in [0.2, 0.25) is 5.95 Å². The number of rotatable bonds is 7. The van der Waals surface area contributed by atoms with E-state index in [0.717, 1.165) is 36.0 Å². The summed E-state index contributed by atoms with van der Waals surface area (Å²) < 4.78 is 13.4. The zero-order valence-electron chi connectivity index (χ0n) is 18.9. The molecule has 0 aliphatic carbocycles. The first-order valence-corrected chi connectivity index (χ1v) is 11.2. The van der Waals surface area contributed by atoms with Crippen LogP contribution in [0.5, 0.6) is 0 Å². The van der Waals surface area contributed by atoms with Gasteiger partial charge in [-0.3, -0.25) is 9.78 Å². The number of nitrogens with one attached hydrogen (secondary N) is 1. The summed E-state index contributed by atoms with van der Waals surface area (Å²) in [6.45, 7) is 2.02. The first-order valence-electron chi connectivity index (χ1n) is 11.2. The Bertz CT molecular complexity index is 1090. The Kier molecular flexibility index (Phi) is 7.11. The van der Waals surface area contributed by atoms with E-state index >= 15 is 0 Å². The molecule has 0 bridgehead atoms. The number of benzene rings is 1. The van der Waals surface area contributed by atoms with Crippen LogP contribution in [0.2, 0.25) is 0 Å². The minimum atomic E-state index is -0.570. The lowest BCUT2D eigenvalue weighted by Crippen LogP contribution is -2.35. The second kappa shape index (κ2) is 10.2. The number of aromatic nitrogens is 2. The maximum atomic E-state index is 13.4. The first-order chi connectivity index (χ1) is 15.9. The number of amides is 1. The van der Waals surface area contributed by atoms with Crippen LogP contribution >= 0.6 is 0 Å². The van der Waals surface area contributed by atoms with E-state index in [1.165, 1.54) is 6.20 Å². The predicted molar refractivity (Wildman–Crippen MR) is 124 cm³/mol. The van der Waals surface area contributed by atoms with Crippen molar-refractivity contribution in [3.8, 4) is 0 Å². The van der Waals surface area contributed by atoms with Crippen LogP contribution < -0.4 is 5.32 Å². The molecule has 4 rings (SSSR count). The fourth-order valence-electron chi connectivity index (χ4n) is 4.38. The Labute approximate surface area is 193 Å². The molecule has 3 aromatic rings. The van der Waals surface area contributed by atoms with E-state index < -0.39 is 12.1 Å². The molecule has 6 nitrogen and oxygen atoms in total. The summed E-state index contributed by atoms with van der Waals surface area (Å²) in [6, 6.07) is 13.4. The number of pyridine rings is 2. The van der Waals surface area contributed by atoms with Crippen molar-refractivity contribution in [2.24, 2.45) is 0 Å². The molecule has 33 heavy (non-hydrogen) atoms. The molecule has 1 aliphatic rings. The lowest BCUT2D eigenvalue weighted by molar-refractivity contribution is 0.0785. The van der Waals surface area contributed by atoms with E-state index in [1.54, 1.807) is 37.3 Å². The van der Waals surface area contributed by atoms with Crippen molar-refractivity contribution in [3.63, 3.8) is 0 Å². The van der Waals surface area contributed by atoms with Gasteiger partial charge in [0.05, 0.1) is 6.10 Å². The van der Waals surface area contributed by atoms with Gasteiger partial charge in [0, 0.05) is 61.0 Å². The van der Waals surface area contributed by atoms with Gasteiger partial charge in [-0.2, -0.15) is 4.39 Å². The Morgan fingerprint density at radius 1 is 1.21 bits per heavy atom. The average Bonchev–Trinajstić information content (AvgIpc) is 3.30. The first kappa shape index (κ1) is 23.0. The summed E-state index contributed by atoms with van der Waals surface area (Å²) in [4.78, 5) is 22.2. The molecule has 1 aliphatic heterocycles.